The van der Waals surface area contributed by atoms with Gasteiger partial charge in [-0.15, -0.1) is 0 Å². The number of carbonyl (C=O) groups excluding carboxylic acids is 1. The second kappa shape index (κ2) is 9.43. The number of hydrogen-bond acceptors (Lipinski definition) is 5. The first kappa shape index (κ1) is 20.7. The highest BCUT2D eigenvalue weighted by atomic mass is 32.2. The number of hydrogen-bond donors (Lipinski definition) is 2. The second-order valence-electron chi connectivity index (χ2n) is 6.78. The van der Waals surface area contributed by atoms with Crippen LogP contribution in [0.15, 0.2) is 58.5 Å². The minimum atomic E-state index is -0.276. The lowest BCUT2D eigenvalue weighted by atomic mass is 10.1. The number of anilines is 1. The third-order valence-electron chi connectivity index (χ3n) is 4.13. The maximum Gasteiger partial charge on any atom is 0.251 e. The summed E-state index contributed by atoms with van der Waals surface area (Å²) in [5, 5.41) is 3.35. The molecule has 2 N–H and O–H groups in total. The van der Waals surface area contributed by atoms with Crippen LogP contribution in [0.1, 0.15) is 22.4 Å². The van der Waals surface area contributed by atoms with E-state index in [1.807, 2.05) is 56.3 Å². The van der Waals surface area contributed by atoms with E-state index in [4.69, 9.17) is 4.74 Å². The van der Waals surface area contributed by atoms with Crippen LogP contribution >= 0.6 is 11.8 Å². The number of carbonyl (C=O) groups is 1. The maximum atomic E-state index is 12.4. The Hall–Kier alpha value is -3.06. The molecule has 1 amide bonds. The molecule has 1 aromatic heterocycles. The molecule has 1 heterocycles. The van der Waals surface area contributed by atoms with Gasteiger partial charge in [-0.25, -0.2) is 4.98 Å². The first-order chi connectivity index (χ1) is 13.9. The van der Waals surface area contributed by atoms with Crippen molar-refractivity contribution in [1.29, 1.82) is 0 Å². The zero-order valence-electron chi connectivity index (χ0n) is 16.6. The maximum absolute atomic E-state index is 12.4. The number of benzene rings is 2. The second-order valence-corrected chi connectivity index (χ2v) is 7.75. The Labute approximate surface area is 173 Å². The van der Waals surface area contributed by atoms with Crippen molar-refractivity contribution in [3.63, 3.8) is 0 Å². The molecular weight excluding hydrogens is 386 g/mol. The molecular formula is C22H23N3O3S. The van der Waals surface area contributed by atoms with Crippen LogP contribution < -0.4 is 15.6 Å². The zero-order chi connectivity index (χ0) is 20.8. The molecule has 0 unspecified atom stereocenters. The molecule has 3 rings (SSSR count). The van der Waals surface area contributed by atoms with Gasteiger partial charge in [-0.2, -0.15) is 0 Å². The van der Waals surface area contributed by atoms with Crippen LogP contribution in [0, 0.1) is 13.8 Å². The van der Waals surface area contributed by atoms with Crippen LogP contribution in [0.3, 0.4) is 0 Å². The number of H-pyrrole nitrogens is 1. The van der Waals surface area contributed by atoms with Gasteiger partial charge in [0.1, 0.15) is 5.75 Å². The summed E-state index contributed by atoms with van der Waals surface area (Å²) in [6.07, 6.45) is 0.0314. The Kier molecular flexibility index (Phi) is 6.72. The fourth-order valence-electron chi connectivity index (χ4n) is 2.97. The molecule has 0 saturated carbocycles. The molecule has 0 saturated heterocycles. The van der Waals surface area contributed by atoms with Gasteiger partial charge in [0.25, 0.3) is 5.56 Å². The van der Waals surface area contributed by atoms with Gasteiger partial charge < -0.3 is 15.0 Å². The lowest BCUT2D eigenvalue weighted by Gasteiger charge is -2.08. The van der Waals surface area contributed by atoms with Crippen molar-refractivity contribution < 1.29 is 9.53 Å². The number of amides is 1. The summed E-state index contributed by atoms with van der Waals surface area (Å²) in [5.74, 6) is 1.19. The minimum Gasteiger partial charge on any atom is -0.497 e. The highest BCUT2D eigenvalue weighted by Crippen LogP contribution is 2.21. The van der Waals surface area contributed by atoms with Crippen LogP contribution in [0.2, 0.25) is 0 Å². The number of rotatable bonds is 7. The fraction of sp³-hybridized carbons (Fsp3) is 0.227. The summed E-state index contributed by atoms with van der Waals surface area (Å²) in [5.41, 5.74) is 4.10. The molecule has 0 aliphatic rings. The molecule has 150 valence electrons. The Balaban J connectivity index is 1.66. The van der Waals surface area contributed by atoms with Crippen LogP contribution in [0.5, 0.6) is 5.75 Å². The fourth-order valence-corrected chi connectivity index (χ4v) is 3.81. The highest BCUT2D eigenvalue weighted by Gasteiger charge is 2.09. The SMILES string of the molecule is COc1cccc(CSc2nc(CC(=O)Nc3cc(C)cc(C)c3)cc(=O)[nH]2)c1. The summed E-state index contributed by atoms with van der Waals surface area (Å²) in [6.45, 7) is 3.96. The zero-order valence-corrected chi connectivity index (χ0v) is 17.4. The molecule has 0 radical (unpaired) electrons. The summed E-state index contributed by atoms with van der Waals surface area (Å²) >= 11 is 1.40. The van der Waals surface area contributed by atoms with E-state index in [1.54, 1.807) is 7.11 Å². The summed E-state index contributed by atoms with van der Waals surface area (Å²) in [4.78, 5) is 31.5. The van der Waals surface area contributed by atoms with Crippen LogP contribution in [0.25, 0.3) is 0 Å². The summed E-state index contributed by atoms with van der Waals surface area (Å²) in [6, 6.07) is 14.9. The third kappa shape index (κ3) is 6.22. The lowest BCUT2D eigenvalue weighted by Crippen LogP contribution is -2.18. The quantitative estimate of drug-likeness (QED) is 0.457. The first-order valence-corrected chi connectivity index (χ1v) is 10.1. The monoisotopic (exact) mass is 409 g/mol. The van der Waals surface area contributed by atoms with Crippen molar-refractivity contribution in [2.45, 2.75) is 31.2 Å². The Morgan fingerprint density at radius 2 is 1.90 bits per heavy atom. The molecule has 2 aromatic carbocycles. The number of thioether (sulfide) groups is 1. The molecule has 0 aliphatic heterocycles. The van der Waals surface area contributed by atoms with Crippen LogP contribution in [-0.4, -0.2) is 23.0 Å². The smallest absolute Gasteiger partial charge is 0.251 e. The van der Waals surface area contributed by atoms with Gasteiger partial charge in [0.15, 0.2) is 5.16 Å². The number of nitrogens with one attached hydrogen (secondary N) is 2. The van der Waals surface area contributed by atoms with E-state index in [0.717, 1.165) is 28.1 Å². The normalized spacial score (nSPS) is 10.6. The van der Waals surface area contributed by atoms with E-state index >= 15 is 0 Å². The number of methoxy groups -OCH3 is 1. The van der Waals surface area contributed by atoms with Gasteiger partial charge in [0, 0.05) is 17.5 Å². The molecule has 0 fully saturated rings. The Morgan fingerprint density at radius 3 is 2.62 bits per heavy atom. The van der Waals surface area contributed by atoms with E-state index in [2.05, 4.69) is 15.3 Å². The van der Waals surface area contributed by atoms with E-state index in [1.165, 1.54) is 17.8 Å². The van der Waals surface area contributed by atoms with E-state index < -0.39 is 0 Å². The predicted octanol–water partition coefficient (Wildman–Crippen LogP) is 3.87. The number of ether oxygens (including phenoxy) is 1. The molecule has 6 nitrogen and oxygen atoms in total. The molecule has 7 heteroatoms. The molecule has 0 bridgehead atoms. The molecule has 0 aliphatic carbocycles. The summed E-state index contributed by atoms with van der Waals surface area (Å²) < 4.78 is 5.23. The summed E-state index contributed by atoms with van der Waals surface area (Å²) in [7, 11) is 1.62. The van der Waals surface area contributed by atoms with Crippen molar-refractivity contribution >= 4 is 23.4 Å². The van der Waals surface area contributed by atoms with Gasteiger partial charge in [-0.1, -0.05) is 30.0 Å². The van der Waals surface area contributed by atoms with Crippen molar-refractivity contribution in [2.75, 3.05) is 12.4 Å². The van der Waals surface area contributed by atoms with Gasteiger partial charge in [-0.3, -0.25) is 9.59 Å². The predicted molar refractivity (Wildman–Crippen MR) is 116 cm³/mol. The average Bonchev–Trinajstić information content (AvgIpc) is 2.65. The van der Waals surface area contributed by atoms with E-state index in [0.29, 0.717) is 16.6 Å². The van der Waals surface area contributed by atoms with Crippen molar-refractivity contribution in [3.05, 3.63) is 81.3 Å². The minimum absolute atomic E-state index is 0.0314. The molecule has 29 heavy (non-hydrogen) atoms. The highest BCUT2D eigenvalue weighted by molar-refractivity contribution is 7.98. The largest absolute Gasteiger partial charge is 0.497 e. The van der Waals surface area contributed by atoms with E-state index in [9.17, 15) is 9.59 Å². The topological polar surface area (TPSA) is 84.1 Å². The number of aromatic nitrogens is 2. The lowest BCUT2D eigenvalue weighted by molar-refractivity contribution is -0.115. The Morgan fingerprint density at radius 1 is 1.14 bits per heavy atom. The van der Waals surface area contributed by atoms with Crippen molar-refractivity contribution in [1.82, 2.24) is 9.97 Å². The van der Waals surface area contributed by atoms with Gasteiger partial charge in [-0.05, 0) is 54.8 Å². The third-order valence-corrected chi connectivity index (χ3v) is 5.07. The van der Waals surface area contributed by atoms with Crippen molar-refractivity contribution in [2.24, 2.45) is 0 Å². The van der Waals surface area contributed by atoms with Crippen LogP contribution in [-0.2, 0) is 17.0 Å². The Bertz CT molecular complexity index is 1060. The molecule has 3 aromatic rings. The first-order valence-electron chi connectivity index (χ1n) is 9.15. The standard InChI is InChI=1S/C22H23N3O3S/c1-14-7-15(2)9-17(8-14)23-20(26)11-18-12-21(27)25-22(24-18)29-13-16-5-4-6-19(10-16)28-3/h4-10,12H,11,13H2,1-3H3,(H,23,26)(H,24,25,27). The molecule has 0 atom stereocenters. The molecule has 0 spiro atoms. The van der Waals surface area contributed by atoms with Gasteiger partial charge >= 0.3 is 0 Å². The number of aromatic amines is 1. The average molecular weight is 410 g/mol. The van der Waals surface area contributed by atoms with Gasteiger partial charge in [0.05, 0.1) is 19.2 Å². The van der Waals surface area contributed by atoms with Gasteiger partial charge in [0.2, 0.25) is 5.91 Å². The number of nitrogens with zero attached hydrogens (tertiary/aromatic N) is 1. The van der Waals surface area contributed by atoms with Crippen molar-refractivity contribution in [3.8, 4) is 5.75 Å². The van der Waals surface area contributed by atoms with E-state index in [-0.39, 0.29) is 17.9 Å². The van der Waals surface area contributed by atoms with Crippen LogP contribution in [0.4, 0.5) is 5.69 Å². The number of aryl methyl sites for hydroxylation is 2.